The molecule has 8 heteroatoms. The SMILES string of the molecule is Cc1cc(F)cc(-c2ccnc3nc(-c4n[nH]c5ccc(-c6cncc(CN(C)C)c6)cc45)[nH]c23)c1. The third-order valence-electron chi connectivity index (χ3n) is 6.16. The topological polar surface area (TPSA) is 86.4 Å². The number of hydrogen-bond donors (Lipinski definition) is 2. The van der Waals surface area contributed by atoms with Crippen molar-refractivity contribution in [3.63, 3.8) is 0 Å². The molecule has 0 saturated heterocycles. The number of halogens is 1. The number of H-pyrrole nitrogens is 2. The van der Waals surface area contributed by atoms with Crippen molar-refractivity contribution in [1.29, 1.82) is 0 Å². The van der Waals surface area contributed by atoms with Crippen LogP contribution in [0.15, 0.2) is 67.1 Å². The largest absolute Gasteiger partial charge is 0.335 e. The van der Waals surface area contributed by atoms with E-state index < -0.39 is 0 Å². The minimum absolute atomic E-state index is 0.273. The highest BCUT2D eigenvalue weighted by Gasteiger charge is 2.17. The summed E-state index contributed by atoms with van der Waals surface area (Å²) in [4.78, 5) is 19.1. The van der Waals surface area contributed by atoms with Crippen LogP contribution in [0.5, 0.6) is 0 Å². The van der Waals surface area contributed by atoms with Gasteiger partial charge in [0.1, 0.15) is 11.5 Å². The number of hydrogen-bond acceptors (Lipinski definition) is 5. The third-order valence-corrected chi connectivity index (χ3v) is 6.16. The number of nitrogens with zero attached hydrogens (tertiary/aromatic N) is 5. The lowest BCUT2D eigenvalue weighted by Crippen LogP contribution is -2.10. The molecule has 6 rings (SSSR count). The minimum atomic E-state index is -0.273. The predicted molar refractivity (Wildman–Crippen MR) is 140 cm³/mol. The second-order valence-electron chi connectivity index (χ2n) is 9.31. The zero-order chi connectivity index (χ0) is 24.8. The van der Waals surface area contributed by atoms with Crippen LogP contribution in [0.4, 0.5) is 4.39 Å². The minimum Gasteiger partial charge on any atom is -0.335 e. The molecule has 0 fully saturated rings. The average Bonchev–Trinajstić information content (AvgIpc) is 3.46. The van der Waals surface area contributed by atoms with Crippen molar-refractivity contribution in [3.05, 3.63) is 84.1 Å². The summed E-state index contributed by atoms with van der Waals surface area (Å²) in [7, 11) is 4.08. The van der Waals surface area contributed by atoms with Crippen LogP contribution in [0, 0.1) is 12.7 Å². The van der Waals surface area contributed by atoms with Gasteiger partial charge >= 0.3 is 0 Å². The van der Waals surface area contributed by atoms with E-state index in [0.29, 0.717) is 17.2 Å². The van der Waals surface area contributed by atoms with Crippen LogP contribution in [0.25, 0.3) is 55.8 Å². The number of aromatic nitrogens is 6. The maximum Gasteiger partial charge on any atom is 0.178 e. The lowest BCUT2D eigenvalue weighted by atomic mass is 10.0. The first-order chi connectivity index (χ1) is 17.4. The first-order valence-corrected chi connectivity index (χ1v) is 11.6. The van der Waals surface area contributed by atoms with E-state index >= 15 is 0 Å². The molecule has 178 valence electrons. The molecule has 0 aliphatic rings. The fourth-order valence-electron chi connectivity index (χ4n) is 4.63. The first kappa shape index (κ1) is 22.1. The highest BCUT2D eigenvalue weighted by atomic mass is 19.1. The molecule has 36 heavy (non-hydrogen) atoms. The summed E-state index contributed by atoms with van der Waals surface area (Å²) in [5, 5.41) is 8.60. The molecule has 0 atom stereocenters. The molecular weight excluding hydrogens is 453 g/mol. The summed E-state index contributed by atoms with van der Waals surface area (Å²) in [6, 6.07) is 15.2. The van der Waals surface area contributed by atoms with Gasteiger partial charge in [-0.15, -0.1) is 0 Å². The molecule has 7 nitrogen and oxygen atoms in total. The van der Waals surface area contributed by atoms with Crippen molar-refractivity contribution in [2.24, 2.45) is 0 Å². The van der Waals surface area contributed by atoms with E-state index in [9.17, 15) is 4.39 Å². The van der Waals surface area contributed by atoms with E-state index in [2.05, 4.69) is 48.2 Å². The van der Waals surface area contributed by atoms with Crippen LogP contribution in [-0.2, 0) is 6.54 Å². The Morgan fingerprint density at radius 3 is 2.67 bits per heavy atom. The molecular formula is C28H24FN7. The fraction of sp³-hybridized carbons (Fsp3) is 0.143. The summed E-state index contributed by atoms with van der Waals surface area (Å²) in [5.41, 5.74) is 8.59. The second-order valence-corrected chi connectivity index (χ2v) is 9.31. The van der Waals surface area contributed by atoms with Crippen molar-refractivity contribution in [2.45, 2.75) is 13.5 Å². The Morgan fingerprint density at radius 2 is 1.83 bits per heavy atom. The zero-order valence-corrected chi connectivity index (χ0v) is 20.2. The molecule has 0 spiro atoms. The molecule has 0 unspecified atom stereocenters. The standard InChI is InChI=1S/C28H24FN7/c1-16-8-19(11-21(29)9-16)22-6-7-31-27-25(22)32-28(33-27)26-23-12-18(4-5-24(23)34-35-26)20-10-17(13-30-14-20)15-36(2)3/h4-14H,15H2,1-3H3,(H,34,35)(H,31,32,33). The monoisotopic (exact) mass is 477 g/mol. The van der Waals surface area contributed by atoms with Gasteiger partial charge in [-0.25, -0.2) is 14.4 Å². The summed E-state index contributed by atoms with van der Waals surface area (Å²) in [6.45, 7) is 2.70. The predicted octanol–water partition coefficient (Wildman–Crippen LogP) is 5.74. The van der Waals surface area contributed by atoms with Crippen LogP contribution in [0.1, 0.15) is 11.1 Å². The van der Waals surface area contributed by atoms with E-state index in [0.717, 1.165) is 56.3 Å². The zero-order valence-electron chi connectivity index (χ0n) is 20.2. The summed E-state index contributed by atoms with van der Waals surface area (Å²) >= 11 is 0. The van der Waals surface area contributed by atoms with Gasteiger partial charge in [0.2, 0.25) is 0 Å². The second kappa shape index (κ2) is 8.66. The first-order valence-electron chi connectivity index (χ1n) is 11.6. The van der Waals surface area contributed by atoms with E-state index in [1.807, 2.05) is 51.6 Å². The normalized spacial score (nSPS) is 11.7. The lowest BCUT2D eigenvalue weighted by molar-refractivity contribution is 0.402. The molecule has 4 heterocycles. The molecule has 0 aliphatic carbocycles. The van der Waals surface area contributed by atoms with Crippen LogP contribution >= 0.6 is 0 Å². The summed E-state index contributed by atoms with van der Waals surface area (Å²) in [5.74, 6) is 0.325. The molecule has 0 bridgehead atoms. The average molecular weight is 478 g/mol. The van der Waals surface area contributed by atoms with E-state index in [1.54, 1.807) is 6.20 Å². The summed E-state index contributed by atoms with van der Waals surface area (Å²) < 4.78 is 14.1. The van der Waals surface area contributed by atoms with Crippen molar-refractivity contribution < 1.29 is 4.39 Å². The molecule has 0 aliphatic heterocycles. The van der Waals surface area contributed by atoms with E-state index in [4.69, 9.17) is 4.98 Å². The van der Waals surface area contributed by atoms with Gasteiger partial charge in [0.05, 0.1) is 11.0 Å². The van der Waals surface area contributed by atoms with Crippen LogP contribution in [0.2, 0.25) is 0 Å². The van der Waals surface area contributed by atoms with Crippen molar-refractivity contribution >= 4 is 22.1 Å². The van der Waals surface area contributed by atoms with Gasteiger partial charge in [0, 0.05) is 41.6 Å². The number of aromatic amines is 2. The molecule has 2 N–H and O–H groups in total. The van der Waals surface area contributed by atoms with Crippen molar-refractivity contribution in [2.75, 3.05) is 14.1 Å². The van der Waals surface area contributed by atoms with Gasteiger partial charge in [0.15, 0.2) is 11.5 Å². The Hall–Kier alpha value is -4.43. The van der Waals surface area contributed by atoms with Crippen molar-refractivity contribution in [3.8, 4) is 33.8 Å². The highest BCUT2D eigenvalue weighted by Crippen LogP contribution is 2.33. The number of fused-ring (bicyclic) bond motifs is 2. The quantitative estimate of drug-likeness (QED) is 0.331. The Balaban J connectivity index is 1.45. The number of nitrogens with one attached hydrogen (secondary N) is 2. The van der Waals surface area contributed by atoms with Gasteiger partial charge in [-0.05, 0) is 79.7 Å². The smallest absolute Gasteiger partial charge is 0.178 e. The highest BCUT2D eigenvalue weighted by molar-refractivity contribution is 5.97. The molecule has 4 aromatic heterocycles. The van der Waals surface area contributed by atoms with E-state index in [-0.39, 0.29) is 5.82 Å². The Morgan fingerprint density at radius 1 is 0.944 bits per heavy atom. The lowest BCUT2D eigenvalue weighted by Gasteiger charge is -2.10. The van der Waals surface area contributed by atoms with Crippen LogP contribution in [-0.4, -0.2) is 49.1 Å². The molecule has 2 aromatic carbocycles. The number of aryl methyl sites for hydroxylation is 1. The molecule has 0 radical (unpaired) electrons. The number of imidazole rings is 1. The number of benzene rings is 2. The summed E-state index contributed by atoms with van der Waals surface area (Å²) in [6.07, 6.45) is 5.46. The Kier molecular flexibility index (Phi) is 5.30. The van der Waals surface area contributed by atoms with Crippen LogP contribution < -0.4 is 0 Å². The van der Waals surface area contributed by atoms with Gasteiger partial charge in [-0.3, -0.25) is 10.1 Å². The molecule has 0 amide bonds. The van der Waals surface area contributed by atoms with Gasteiger partial charge in [-0.2, -0.15) is 5.10 Å². The van der Waals surface area contributed by atoms with Gasteiger partial charge < -0.3 is 9.88 Å². The number of pyridine rings is 2. The Labute approximate surface area is 207 Å². The fourth-order valence-corrected chi connectivity index (χ4v) is 4.63. The van der Waals surface area contributed by atoms with Crippen LogP contribution in [0.3, 0.4) is 0 Å². The third kappa shape index (κ3) is 4.01. The van der Waals surface area contributed by atoms with E-state index in [1.165, 1.54) is 12.1 Å². The van der Waals surface area contributed by atoms with Crippen molar-refractivity contribution in [1.82, 2.24) is 35.0 Å². The number of rotatable bonds is 5. The maximum absolute atomic E-state index is 14.1. The Bertz CT molecular complexity index is 1710. The molecule has 6 aromatic rings. The molecule has 0 saturated carbocycles. The van der Waals surface area contributed by atoms with Gasteiger partial charge in [-0.1, -0.05) is 12.1 Å². The van der Waals surface area contributed by atoms with Gasteiger partial charge in [0.25, 0.3) is 0 Å². The maximum atomic E-state index is 14.1.